The molecule has 1 aromatic carbocycles. The molecule has 0 radical (unpaired) electrons. The summed E-state index contributed by atoms with van der Waals surface area (Å²) in [5.41, 5.74) is 7.20. The van der Waals surface area contributed by atoms with Gasteiger partial charge in [0.25, 0.3) is 0 Å². The van der Waals surface area contributed by atoms with Crippen LogP contribution in [-0.2, 0) is 6.42 Å². The fraction of sp³-hybridized carbons (Fsp3) is 0.400. The van der Waals surface area contributed by atoms with Gasteiger partial charge in [-0.25, -0.2) is 4.39 Å². The molecule has 1 unspecified atom stereocenters. The molecule has 0 saturated heterocycles. The van der Waals surface area contributed by atoms with Crippen LogP contribution in [0.2, 0.25) is 0 Å². The number of rotatable bonds is 3. The number of alkyl halides is 1. The Morgan fingerprint density at radius 2 is 2.08 bits per heavy atom. The van der Waals surface area contributed by atoms with Crippen molar-refractivity contribution in [1.82, 2.24) is 0 Å². The third-order valence-electron chi connectivity index (χ3n) is 1.90. The molecule has 0 fully saturated rings. The van der Waals surface area contributed by atoms with Gasteiger partial charge in [-0.1, -0.05) is 24.3 Å². The second-order valence-electron chi connectivity index (χ2n) is 2.85. The number of halogens is 1. The molecule has 0 heterocycles. The van der Waals surface area contributed by atoms with E-state index in [0.29, 0.717) is 6.54 Å². The summed E-state index contributed by atoms with van der Waals surface area (Å²) in [6.45, 7) is 2.12. The first-order valence-electron chi connectivity index (χ1n) is 4.17. The van der Waals surface area contributed by atoms with Gasteiger partial charge in [0.15, 0.2) is 0 Å². The van der Waals surface area contributed by atoms with Gasteiger partial charge in [-0.15, -0.1) is 0 Å². The zero-order chi connectivity index (χ0) is 8.97. The van der Waals surface area contributed by atoms with Gasteiger partial charge in [0.1, 0.15) is 6.17 Å². The van der Waals surface area contributed by atoms with Crippen LogP contribution in [-0.4, -0.2) is 6.54 Å². The van der Waals surface area contributed by atoms with Gasteiger partial charge in [-0.2, -0.15) is 0 Å². The highest BCUT2D eigenvalue weighted by Crippen LogP contribution is 2.20. The molecule has 0 spiro atoms. The Balaban J connectivity index is 2.92. The second-order valence-corrected chi connectivity index (χ2v) is 2.85. The highest BCUT2D eigenvalue weighted by Gasteiger charge is 2.06. The minimum absolute atomic E-state index is 0.573. The number of hydrogen-bond donors (Lipinski definition) is 1. The summed E-state index contributed by atoms with van der Waals surface area (Å²) in [6, 6.07) is 7.51. The molecule has 1 atom stereocenters. The first-order chi connectivity index (χ1) is 5.75. The summed E-state index contributed by atoms with van der Waals surface area (Å²) < 4.78 is 13.0. The SMILES string of the molecule is CC(F)c1ccccc1CCN. The number of benzene rings is 1. The molecule has 1 nitrogen and oxygen atoms in total. The van der Waals surface area contributed by atoms with Gasteiger partial charge >= 0.3 is 0 Å². The smallest absolute Gasteiger partial charge is 0.123 e. The maximum atomic E-state index is 13.0. The van der Waals surface area contributed by atoms with Crippen molar-refractivity contribution in [2.75, 3.05) is 6.54 Å². The van der Waals surface area contributed by atoms with E-state index in [0.717, 1.165) is 17.5 Å². The zero-order valence-corrected chi connectivity index (χ0v) is 7.26. The van der Waals surface area contributed by atoms with E-state index >= 15 is 0 Å². The van der Waals surface area contributed by atoms with Gasteiger partial charge in [-0.05, 0) is 31.0 Å². The topological polar surface area (TPSA) is 26.0 Å². The highest BCUT2D eigenvalue weighted by atomic mass is 19.1. The Kier molecular flexibility index (Phi) is 3.23. The predicted octanol–water partition coefficient (Wildman–Crippen LogP) is 2.22. The van der Waals surface area contributed by atoms with Crippen molar-refractivity contribution in [2.45, 2.75) is 19.5 Å². The Bertz CT molecular complexity index is 245. The average Bonchev–Trinajstić information content (AvgIpc) is 2.05. The quantitative estimate of drug-likeness (QED) is 0.734. The third kappa shape index (κ3) is 2.05. The largest absolute Gasteiger partial charge is 0.330 e. The van der Waals surface area contributed by atoms with Crippen LogP contribution in [0.4, 0.5) is 4.39 Å². The number of nitrogens with two attached hydrogens (primary N) is 1. The maximum Gasteiger partial charge on any atom is 0.123 e. The minimum atomic E-state index is -0.896. The zero-order valence-electron chi connectivity index (χ0n) is 7.26. The lowest BCUT2D eigenvalue weighted by molar-refractivity contribution is 0.372. The first kappa shape index (κ1) is 9.20. The summed E-state index contributed by atoms with van der Waals surface area (Å²) >= 11 is 0. The van der Waals surface area contributed by atoms with E-state index < -0.39 is 6.17 Å². The minimum Gasteiger partial charge on any atom is -0.330 e. The molecule has 0 aliphatic carbocycles. The van der Waals surface area contributed by atoms with Crippen LogP contribution in [0.5, 0.6) is 0 Å². The molecule has 0 saturated carbocycles. The van der Waals surface area contributed by atoms with Crippen LogP contribution < -0.4 is 5.73 Å². The fourth-order valence-corrected chi connectivity index (χ4v) is 1.31. The van der Waals surface area contributed by atoms with Crippen LogP contribution in [0.15, 0.2) is 24.3 Å². The van der Waals surface area contributed by atoms with E-state index in [1.807, 2.05) is 24.3 Å². The molecular weight excluding hydrogens is 153 g/mol. The fourth-order valence-electron chi connectivity index (χ4n) is 1.31. The van der Waals surface area contributed by atoms with Crippen molar-refractivity contribution in [1.29, 1.82) is 0 Å². The molecule has 2 heteroatoms. The van der Waals surface area contributed by atoms with Crippen molar-refractivity contribution in [2.24, 2.45) is 5.73 Å². The van der Waals surface area contributed by atoms with Crippen molar-refractivity contribution in [3.05, 3.63) is 35.4 Å². The first-order valence-corrected chi connectivity index (χ1v) is 4.17. The van der Waals surface area contributed by atoms with Crippen LogP contribution in [0.1, 0.15) is 24.2 Å². The Morgan fingerprint density at radius 1 is 1.42 bits per heavy atom. The molecule has 1 aromatic rings. The molecule has 66 valence electrons. The molecule has 12 heavy (non-hydrogen) atoms. The van der Waals surface area contributed by atoms with E-state index in [-0.39, 0.29) is 0 Å². The molecule has 0 aliphatic rings. The van der Waals surface area contributed by atoms with Crippen LogP contribution in [0.3, 0.4) is 0 Å². The van der Waals surface area contributed by atoms with Gasteiger partial charge in [0, 0.05) is 0 Å². The molecule has 1 rings (SSSR count). The average molecular weight is 167 g/mol. The van der Waals surface area contributed by atoms with Crippen molar-refractivity contribution in [3.63, 3.8) is 0 Å². The van der Waals surface area contributed by atoms with Gasteiger partial charge in [0.05, 0.1) is 0 Å². The lowest BCUT2D eigenvalue weighted by Crippen LogP contribution is -2.05. The molecule has 0 aliphatic heterocycles. The predicted molar refractivity (Wildman–Crippen MR) is 48.7 cm³/mol. The summed E-state index contributed by atoms with van der Waals surface area (Å²) in [4.78, 5) is 0. The van der Waals surface area contributed by atoms with Gasteiger partial charge in [0.2, 0.25) is 0 Å². The van der Waals surface area contributed by atoms with E-state index in [4.69, 9.17) is 5.73 Å². The second kappa shape index (κ2) is 4.21. The van der Waals surface area contributed by atoms with Crippen LogP contribution in [0.25, 0.3) is 0 Å². The van der Waals surface area contributed by atoms with Gasteiger partial charge < -0.3 is 5.73 Å². The summed E-state index contributed by atoms with van der Waals surface area (Å²) in [7, 11) is 0. The summed E-state index contributed by atoms with van der Waals surface area (Å²) in [5, 5.41) is 0. The van der Waals surface area contributed by atoms with Gasteiger partial charge in [-0.3, -0.25) is 0 Å². The van der Waals surface area contributed by atoms with Crippen LogP contribution >= 0.6 is 0 Å². The van der Waals surface area contributed by atoms with E-state index in [1.165, 1.54) is 0 Å². The molecule has 2 N–H and O–H groups in total. The lowest BCUT2D eigenvalue weighted by Gasteiger charge is -2.08. The van der Waals surface area contributed by atoms with Crippen molar-refractivity contribution in [3.8, 4) is 0 Å². The summed E-state index contributed by atoms with van der Waals surface area (Å²) in [6.07, 6.45) is -0.141. The molecular formula is C10H14FN. The maximum absolute atomic E-state index is 13.0. The van der Waals surface area contributed by atoms with E-state index in [9.17, 15) is 4.39 Å². The molecule has 0 bridgehead atoms. The standard InChI is InChI=1S/C10H14FN/c1-8(11)10-5-3-2-4-9(10)6-7-12/h2-5,8H,6-7,12H2,1H3. The van der Waals surface area contributed by atoms with E-state index in [1.54, 1.807) is 6.92 Å². The third-order valence-corrected chi connectivity index (χ3v) is 1.90. The Morgan fingerprint density at radius 3 is 2.67 bits per heavy atom. The Hall–Kier alpha value is -0.890. The normalized spacial score (nSPS) is 12.9. The Labute approximate surface area is 72.4 Å². The molecule has 0 aromatic heterocycles. The lowest BCUT2D eigenvalue weighted by atomic mass is 10.0. The number of hydrogen-bond acceptors (Lipinski definition) is 1. The summed E-state index contributed by atoms with van der Waals surface area (Å²) in [5.74, 6) is 0. The van der Waals surface area contributed by atoms with Crippen molar-refractivity contribution >= 4 is 0 Å². The molecule has 0 amide bonds. The van der Waals surface area contributed by atoms with E-state index in [2.05, 4.69) is 0 Å². The van der Waals surface area contributed by atoms with Crippen molar-refractivity contribution < 1.29 is 4.39 Å². The van der Waals surface area contributed by atoms with Crippen LogP contribution in [0, 0.1) is 0 Å². The highest BCUT2D eigenvalue weighted by molar-refractivity contribution is 5.28. The monoisotopic (exact) mass is 167 g/mol.